The zero-order chi connectivity index (χ0) is 24.9. The average Bonchev–Trinajstić information content (AvgIpc) is 2.79. The maximum absolute atomic E-state index is 14.2. The van der Waals surface area contributed by atoms with E-state index in [0.717, 1.165) is 30.4 Å². The Hall–Kier alpha value is -2.10. The van der Waals surface area contributed by atoms with Crippen molar-refractivity contribution in [1.29, 1.82) is 0 Å². The smallest absolute Gasteiger partial charge is 0.229 e. The van der Waals surface area contributed by atoms with Gasteiger partial charge in [0.2, 0.25) is 5.91 Å². The minimum atomic E-state index is -0.564. The normalized spacial score (nSPS) is 23.6. The molecule has 1 aliphatic heterocycles. The van der Waals surface area contributed by atoms with Crippen LogP contribution in [0.2, 0.25) is 10.0 Å². The van der Waals surface area contributed by atoms with Crippen molar-refractivity contribution in [2.24, 2.45) is 5.41 Å². The molecule has 2 aromatic rings. The van der Waals surface area contributed by atoms with Gasteiger partial charge in [-0.15, -0.1) is 6.58 Å². The van der Waals surface area contributed by atoms with Crippen LogP contribution in [0.4, 0.5) is 0 Å². The third-order valence-electron chi connectivity index (χ3n) is 7.12. The summed E-state index contributed by atoms with van der Waals surface area (Å²) in [4.78, 5) is 27.9. The molecule has 1 heterocycles. The van der Waals surface area contributed by atoms with Crippen molar-refractivity contribution in [2.75, 3.05) is 0 Å². The Balaban J connectivity index is 2.15. The van der Waals surface area contributed by atoms with Gasteiger partial charge in [0.15, 0.2) is 0 Å². The minimum absolute atomic E-state index is 0.0265. The summed E-state index contributed by atoms with van der Waals surface area (Å²) in [6, 6.07) is 15.7. The van der Waals surface area contributed by atoms with E-state index >= 15 is 0 Å². The number of piperidine rings is 1. The molecule has 1 amide bonds. The van der Waals surface area contributed by atoms with Gasteiger partial charge < -0.3 is 9.69 Å². The minimum Gasteiger partial charge on any atom is -0.332 e. The summed E-state index contributed by atoms with van der Waals surface area (Å²) in [6.45, 7) is 9.75. The fraction of sp³-hybridized carbons (Fsp3) is 0.448. The predicted octanol–water partition coefficient (Wildman–Crippen LogP) is 8.17. The fourth-order valence-corrected chi connectivity index (χ4v) is 5.74. The summed E-state index contributed by atoms with van der Waals surface area (Å²) in [6.07, 6.45) is 6.07. The van der Waals surface area contributed by atoms with Crippen LogP contribution in [0.5, 0.6) is 0 Å². The van der Waals surface area contributed by atoms with Gasteiger partial charge in [0, 0.05) is 28.4 Å². The lowest BCUT2D eigenvalue weighted by atomic mass is 9.67. The van der Waals surface area contributed by atoms with E-state index in [9.17, 15) is 9.59 Å². The van der Waals surface area contributed by atoms with Gasteiger partial charge in [0.1, 0.15) is 5.78 Å². The van der Waals surface area contributed by atoms with E-state index in [1.807, 2.05) is 48.5 Å². The lowest BCUT2D eigenvalue weighted by Gasteiger charge is -2.52. The van der Waals surface area contributed by atoms with Gasteiger partial charge in [-0.25, -0.2) is 0 Å². The highest BCUT2D eigenvalue weighted by Crippen LogP contribution is 2.52. The van der Waals surface area contributed by atoms with Crippen molar-refractivity contribution in [3.05, 3.63) is 82.4 Å². The van der Waals surface area contributed by atoms with Crippen molar-refractivity contribution >= 4 is 34.9 Å². The van der Waals surface area contributed by atoms with E-state index in [0.29, 0.717) is 29.3 Å². The number of rotatable bonds is 10. The molecule has 4 atom stereocenters. The molecule has 2 aromatic carbocycles. The highest BCUT2D eigenvalue weighted by Gasteiger charge is 2.50. The number of carbonyl (C=O) groups is 2. The summed E-state index contributed by atoms with van der Waals surface area (Å²) in [5.74, 6) is 0.395. The van der Waals surface area contributed by atoms with E-state index in [1.165, 1.54) is 0 Å². The van der Waals surface area contributed by atoms with Crippen molar-refractivity contribution in [1.82, 2.24) is 4.90 Å². The van der Waals surface area contributed by atoms with Crippen LogP contribution in [0, 0.1) is 5.41 Å². The number of Topliss-reactive ketones (excluding diaryl/α,β-unsaturated/α-hetero) is 1. The van der Waals surface area contributed by atoms with Crippen LogP contribution in [0.3, 0.4) is 0 Å². The quantitative estimate of drug-likeness (QED) is 0.309. The van der Waals surface area contributed by atoms with Crippen LogP contribution >= 0.6 is 23.2 Å². The molecule has 0 spiro atoms. The van der Waals surface area contributed by atoms with Crippen LogP contribution in [-0.4, -0.2) is 22.6 Å². The fourth-order valence-electron chi connectivity index (χ4n) is 5.42. The molecule has 1 aliphatic rings. The Bertz CT molecular complexity index is 1020. The first kappa shape index (κ1) is 26.5. The molecule has 34 heavy (non-hydrogen) atoms. The largest absolute Gasteiger partial charge is 0.332 e. The lowest BCUT2D eigenvalue weighted by molar-refractivity contribution is -0.154. The molecule has 5 heteroatoms. The third-order valence-corrected chi connectivity index (χ3v) is 7.60. The van der Waals surface area contributed by atoms with Gasteiger partial charge in [0.05, 0.1) is 11.5 Å². The second kappa shape index (κ2) is 11.6. The molecule has 0 saturated carbocycles. The molecular weight excluding hydrogens is 465 g/mol. The van der Waals surface area contributed by atoms with Crippen molar-refractivity contribution < 1.29 is 9.59 Å². The Morgan fingerprint density at radius 1 is 1.18 bits per heavy atom. The topological polar surface area (TPSA) is 37.4 Å². The number of hydrogen-bond acceptors (Lipinski definition) is 2. The monoisotopic (exact) mass is 499 g/mol. The summed E-state index contributed by atoms with van der Waals surface area (Å²) in [5, 5.41) is 1.36. The Kier molecular flexibility index (Phi) is 9.01. The molecule has 1 saturated heterocycles. The van der Waals surface area contributed by atoms with Crippen LogP contribution in [0.15, 0.2) is 61.2 Å². The highest BCUT2D eigenvalue weighted by molar-refractivity contribution is 6.30. The van der Waals surface area contributed by atoms with Crippen LogP contribution in [0.25, 0.3) is 0 Å². The zero-order valence-corrected chi connectivity index (χ0v) is 21.9. The van der Waals surface area contributed by atoms with Gasteiger partial charge in [-0.1, -0.05) is 67.4 Å². The van der Waals surface area contributed by atoms with Crippen LogP contribution in [0.1, 0.15) is 82.4 Å². The van der Waals surface area contributed by atoms with Crippen molar-refractivity contribution in [3.63, 3.8) is 0 Å². The molecule has 3 unspecified atom stereocenters. The van der Waals surface area contributed by atoms with E-state index in [1.54, 1.807) is 6.92 Å². The van der Waals surface area contributed by atoms with E-state index in [-0.39, 0.29) is 29.7 Å². The number of carbonyl (C=O) groups excluding carboxylic acids is 2. The number of allylic oxidation sites excluding steroid dienone is 1. The number of hydrogen-bond donors (Lipinski definition) is 0. The van der Waals surface area contributed by atoms with Gasteiger partial charge in [-0.05, 0) is 74.4 Å². The molecule has 3 nitrogen and oxygen atoms in total. The summed E-state index contributed by atoms with van der Waals surface area (Å²) in [5.41, 5.74) is 1.62. The molecule has 0 aromatic heterocycles. The van der Waals surface area contributed by atoms with Crippen molar-refractivity contribution in [2.45, 2.75) is 77.3 Å². The maximum atomic E-state index is 14.2. The number of ketones is 1. The summed E-state index contributed by atoms with van der Waals surface area (Å²) >= 11 is 12.6. The Labute approximate surface area is 214 Å². The van der Waals surface area contributed by atoms with Crippen molar-refractivity contribution in [3.8, 4) is 0 Å². The molecule has 1 fully saturated rings. The number of benzene rings is 2. The van der Waals surface area contributed by atoms with Crippen LogP contribution < -0.4 is 0 Å². The molecule has 0 bridgehead atoms. The standard InChI is InChI=1S/C29H35Cl2NO2/c1-5-17-29(4)19-26(22-10-8-11-24(31)18-22)27(21-13-15-23(30)16-14-21)32(28(29)34)25(6-2)12-7-9-20(3)33/h5,8,10-11,13-16,18,25-27H,1,6-7,9,12,17,19H2,2-4H3/t25?,26?,27?,29-/m0/s1. The summed E-state index contributed by atoms with van der Waals surface area (Å²) in [7, 11) is 0. The van der Waals surface area contributed by atoms with E-state index in [2.05, 4.69) is 31.4 Å². The molecule has 0 N–H and O–H groups in total. The molecule has 0 radical (unpaired) electrons. The number of halogens is 2. The second-order valence-corrected chi connectivity index (χ2v) is 10.7. The maximum Gasteiger partial charge on any atom is 0.229 e. The predicted molar refractivity (Wildman–Crippen MR) is 141 cm³/mol. The van der Waals surface area contributed by atoms with Gasteiger partial charge >= 0.3 is 0 Å². The number of amides is 1. The van der Waals surface area contributed by atoms with Gasteiger partial charge in [-0.2, -0.15) is 0 Å². The third kappa shape index (κ3) is 5.93. The first-order valence-electron chi connectivity index (χ1n) is 12.1. The zero-order valence-electron chi connectivity index (χ0n) is 20.4. The second-order valence-electron chi connectivity index (χ2n) is 9.78. The molecular formula is C29H35Cl2NO2. The first-order chi connectivity index (χ1) is 16.2. The van der Waals surface area contributed by atoms with Crippen LogP contribution in [-0.2, 0) is 9.59 Å². The van der Waals surface area contributed by atoms with E-state index < -0.39 is 5.41 Å². The van der Waals surface area contributed by atoms with Gasteiger partial charge in [-0.3, -0.25) is 4.79 Å². The lowest BCUT2D eigenvalue weighted by Crippen LogP contribution is -2.55. The molecule has 3 rings (SSSR count). The number of likely N-dealkylation sites (tertiary alicyclic amines) is 1. The SMILES string of the molecule is C=CC[C@@]1(C)CC(c2cccc(Cl)c2)C(c2ccc(Cl)cc2)N(C(CC)CCCC(C)=O)C1=O. The Morgan fingerprint density at radius 2 is 1.88 bits per heavy atom. The van der Waals surface area contributed by atoms with Gasteiger partial charge in [0.25, 0.3) is 0 Å². The Morgan fingerprint density at radius 3 is 2.47 bits per heavy atom. The summed E-state index contributed by atoms with van der Waals surface area (Å²) < 4.78 is 0. The van der Waals surface area contributed by atoms with E-state index in [4.69, 9.17) is 23.2 Å². The highest BCUT2D eigenvalue weighted by atomic mass is 35.5. The number of nitrogens with zero attached hydrogens (tertiary/aromatic N) is 1. The molecule has 0 aliphatic carbocycles. The average molecular weight is 501 g/mol. The molecule has 182 valence electrons. The first-order valence-corrected chi connectivity index (χ1v) is 12.9.